The van der Waals surface area contributed by atoms with E-state index in [1.807, 2.05) is 13.8 Å². The number of allylic oxidation sites excluding steroid dienone is 1. The Bertz CT molecular complexity index is 398. The smallest absolute Gasteiger partial charge is 0.242 e. The average molecular weight is 218 g/mol. The van der Waals surface area contributed by atoms with E-state index >= 15 is 0 Å². The third kappa shape index (κ3) is 2.78. The number of nitrogens with zero attached hydrogens (tertiary/aromatic N) is 3. The van der Waals surface area contributed by atoms with Gasteiger partial charge in [-0.05, 0) is 39.5 Å². The highest BCUT2D eigenvalue weighted by Gasteiger charge is 2.05. The summed E-state index contributed by atoms with van der Waals surface area (Å²) < 4.78 is 0. The maximum absolute atomic E-state index is 4.33. The van der Waals surface area contributed by atoms with Gasteiger partial charge in [0.2, 0.25) is 5.95 Å². The number of rotatable bonds is 4. The molecule has 0 aliphatic heterocycles. The van der Waals surface area contributed by atoms with E-state index in [9.17, 15) is 0 Å². The second kappa shape index (κ2) is 5.05. The molecule has 1 heterocycles. The van der Waals surface area contributed by atoms with E-state index in [0.717, 1.165) is 24.4 Å². The third-order valence-electron chi connectivity index (χ3n) is 2.96. The van der Waals surface area contributed by atoms with Gasteiger partial charge in [0.25, 0.3) is 0 Å². The zero-order valence-corrected chi connectivity index (χ0v) is 9.95. The maximum atomic E-state index is 4.33. The van der Waals surface area contributed by atoms with Crippen LogP contribution in [0.5, 0.6) is 0 Å². The van der Waals surface area contributed by atoms with Crippen LogP contribution in [0.2, 0.25) is 0 Å². The number of hydrogen-bond donors (Lipinski definition) is 1. The van der Waals surface area contributed by atoms with Gasteiger partial charge >= 0.3 is 0 Å². The molecule has 1 aliphatic carbocycles. The second-order valence-corrected chi connectivity index (χ2v) is 4.24. The van der Waals surface area contributed by atoms with Gasteiger partial charge in [-0.25, -0.2) is 4.98 Å². The molecule has 0 amide bonds. The van der Waals surface area contributed by atoms with Crippen LogP contribution in [0.25, 0.3) is 0 Å². The van der Waals surface area contributed by atoms with Gasteiger partial charge in [0.15, 0.2) is 0 Å². The van der Waals surface area contributed by atoms with Crippen LogP contribution in [-0.4, -0.2) is 21.7 Å². The molecule has 4 nitrogen and oxygen atoms in total. The predicted molar refractivity (Wildman–Crippen MR) is 64.3 cm³/mol. The molecule has 0 atom stereocenters. The summed E-state index contributed by atoms with van der Waals surface area (Å²) >= 11 is 0. The molecule has 0 spiro atoms. The van der Waals surface area contributed by atoms with Crippen molar-refractivity contribution in [3.05, 3.63) is 23.0 Å². The van der Waals surface area contributed by atoms with E-state index in [0.29, 0.717) is 5.95 Å². The van der Waals surface area contributed by atoms with Gasteiger partial charge in [0.1, 0.15) is 0 Å². The number of anilines is 1. The molecule has 0 fully saturated rings. The minimum absolute atomic E-state index is 0.640. The predicted octanol–water partition coefficient (Wildman–Crippen LogP) is 2.40. The molecule has 16 heavy (non-hydrogen) atoms. The number of aryl methyl sites for hydroxylation is 2. The summed E-state index contributed by atoms with van der Waals surface area (Å²) in [5, 5.41) is 11.3. The molecule has 0 radical (unpaired) electrons. The van der Waals surface area contributed by atoms with Crippen molar-refractivity contribution in [3.8, 4) is 0 Å². The van der Waals surface area contributed by atoms with Crippen LogP contribution in [0, 0.1) is 13.8 Å². The van der Waals surface area contributed by atoms with E-state index in [1.54, 1.807) is 5.57 Å². The zero-order valence-electron chi connectivity index (χ0n) is 9.95. The molecular formula is C12H18N4. The quantitative estimate of drug-likeness (QED) is 0.788. The summed E-state index contributed by atoms with van der Waals surface area (Å²) in [4.78, 5) is 4.33. The van der Waals surface area contributed by atoms with Crippen molar-refractivity contribution in [3.63, 3.8) is 0 Å². The van der Waals surface area contributed by atoms with Gasteiger partial charge in [-0.15, -0.1) is 5.10 Å². The first-order valence-electron chi connectivity index (χ1n) is 5.85. The maximum Gasteiger partial charge on any atom is 0.242 e. The molecule has 1 aliphatic rings. The molecule has 2 rings (SSSR count). The molecule has 0 unspecified atom stereocenters. The minimum atomic E-state index is 0.640. The van der Waals surface area contributed by atoms with Gasteiger partial charge in [-0.3, -0.25) is 0 Å². The fraction of sp³-hybridized carbons (Fsp3) is 0.583. The third-order valence-corrected chi connectivity index (χ3v) is 2.96. The molecule has 1 aromatic heterocycles. The largest absolute Gasteiger partial charge is 0.353 e. The first-order chi connectivity index (χ1) is 7.75. The summed E-state index contributed by atoms with van der Waals surface area (Å²) in [5.41, 5.74) is 3.39. The van der Waals surface area contributed by atoms with Crippen molar-refractivity contribution in [1.82, 2.24) is 15.2 Å². The molecule has 1 aromatic rings. The van der Waals surface area contributed by atoms with Crippen molar-refractivity contribution in [2.24, 2.45) is 0 Å². The van der Waals surface area contributed by atoms with Crippen LogP contribution in [0.1, 0.15) is 37.1 Å². The first kappa shape index (κ1) is 11.0. The van der Waals surface area contributed by atoms with Gasteiger partial charge in [-0.2, -0.15) is 5.10 Å². The Morgan fingerprint density at radius 3 is 2.81 bits per heavy atom. The van der Waals surface area contributed by atoms with Crippen molar-refractivity contribution >= 4 is 5.95 Å². The normalized spacial score (nSPS) is 15.0. The molecular weight excluding hydrogens is 200 g/mol. The highest BCUT2D eigenvalue weighted by Crippen LogP contribution is 2.20. The highest BCUT2D eigenvalue weighted by molar-refractivity contribution is 5.25. The zero-order chi connectivity index (χ0) is 11.4. The van der Waals surface area contributed by atoms with Crippen molar-refractivity contribution in [2.45, 2.75) is 39.5 Å². The summed E-state index contributed by atoms with van der Waals surface area (Å²) in [5.74, 6) is 0.640. The lowest BCUT2D eigenvalue weighted by atomic mass is 10.2. The van der Waals surface area contributed by atoms with Crippen LogP contribution in [-0.2, 0) is 0 Å². The van der Waals surface area contributed by atoms with Crippen LogP contribution in [0.3, 0.4) is 0 Å². The van der Waals surface area contributed by atoms with Crippen LogP contribution in [0.15, 0.2) is 11.6 Å². The Hall–Kier alpha value is -1.45. The van der Waals surface area contributed by atoms with Gasteiger partial charge < -0.3 is 5.32 Å². The fourth-order valence-corrected chi connectivity index (χ4v) is 1.83. The Morgan fingerprint density at radius 1 is 1.25 bits per heavy atom. The lowest BCUT2D eigenvalue weighted by Crippen LogP contribution is -2.08. The molecule has 0 saturated heterocycles. The van der Waals surface area contributed by atoms with Crippen LogP contribution < -0.4 is 5.32 Å². The van der Waals surface area contributed by atoms with E-state index in [4.69, 9.17) is 0 Å². The summed E-state index contributed by atoms with van der Waals surface area (Å²) in [7, 11) is 0. The number of hydrogen-bond acceptors (Lipinski definition) is 4. The average Bonchev–Trinajstić information content (AvgIpc) is 2.76. The SMILES string of the molecule is Cc1nnc(NCCC2=CCCC2)nc1C. The highest BCUT2D eigenvalue weighted by atomic mass is 15.2. The van der Waals surface area contributed by atoms with Crippen molar-refractivity contribution in [1.29, 1.82) is 0 Å². The lowest BCUT2D eigenvalue weighted by Gasteiger charge is -2.06. The Morgan fingerprint density at radius 2 is 2.12 bits per heavy atom. The second-order valence-electron chi connectivity index (χ2n) is 4.24. The van der Waals surface area contributed by atoms with E-state index in [-0.39, 0.29) is 0 Å². The number of aromatic nitrogens is 3. The fourth-order valence-electron chi connectivity index (χ4n) is 1.83. The first-order valence-corrected chi connectivity index (χ1v) is 5.85. The summed E-state index contributed by atoms with van der Waals surface area (Å²) in [6.45, 7) is 4.77. The van der Waals surface area contributed by atoms with E-state index in [2.05, 4.69) is 26.6 Å². The van der Waals surface area contributed by atoms with Crippen molar-refractivity contribution < 1.29 is 0 Å². The summed E-state index contributed by atoms with van der Waals surface area (Å²) in [6.07, 6.45) is 7.26. The van der Waals surface area contributed by atoms with Gasteiger partial charge in [0, 0.05) is 6.54 Å². The van der Waals surface area contributed by atoms with Gasteiger partial charge in [-0.1, -0.05) is 11.6 Å². The Kier molecular flexibility index (Phi) is 3.49. The molecule has 0 bridgehead atoms. The van der Waals surface area contributed by atoms with Crippen LogP contribution in [0.4, 0.5) is 5.95 Å². The Balaban J connectivity index is 1.82. The van der Waals surface area contributed by atoms with E-state index in [1.165, 1.54) is 19.3 Å². The molecule has 86 valence electrons. The molecule has 0 aromatic carbocycles. The topological polar surface area (TPSA) is 50.7 Å². The lowest BCUT2D eigenvalue weighted by molar-refractivity contribution is 0.845. The van der Waals surface area contributed by atoms with E-state index < -0.39 is 0 Å². The monoisotopic (exact) mass is 218 g/mol. The molecule has 0 saturated carbocycles. The van der Waals surface area contributed by atoms with Crippen LogP contribution >= 0.6 is 0 Å². The molecule has 4 heteroatoms. The number of nitrogens with one attached hydrogen (secondary N) is 1. The van der Waals surface area contributed by atoms with Crippen molar-refractivity contribution in [2.75, 3.05) is 11.9 Å². The van der Waals surface area contributed by atoms with Gasteiger partial charge in [0.05, 0.1) is 11.4 Å². The minimum Gasteiger partial charge on any atom is -0.353 e. The molecule has 1 N–H and O–H groups in total. The summed E-state index contributed by atoms with van der Waals surface area (Å²) in [6, 6.07) is 0. The Labute approximate surface area is 96.2 Å². The standard InChI is InChI=1S/C12H18N4/c1-9-10(2)15-16-12(14-9)13-8-7-11-5-3-4-6-11/h5H,3-4,6-8H2,1-2H3,(H,13,14,16).